The molecule has 348 valence electrons. The van der Waals surface area contributed by atoms with Crippen molar-refractivity contribution < 1.29 is 24.5 Å². The summed E-state index contributed by atoms with van der Waals surface area (Å²) in [4.78, 5) is 24.5. The fourth-order valence-electron chi connectivity index (χ4n) is 7.92. The van der Waals surface area contributed by atoms with E-state index in [1.54, 1.807) is 0 Å². The minimum absolute atomic E-state index is 0.0259. The molecule has 0 saturated carbocycles. The third-order valence-corrected chi connectivity index (χ3v) is 12.0. The van der Waals surface area contributed by atoms with E-state index >= 15 is 0 Å². The first-order valence-electron chi connectivity index (χ1n) is 26.1. The second-order valence-corrected chi connectivity index (χ2v) is 17.8. The summed E-state index contributed by atoms with van der Waals surface area (Å²) in [5.41, 5.74) is 0. The molecule has 0 rings (SSSR count). The Kier molecular flexibility index (Phi) is 47.6. The Labute approximate surface area is 367 Å². The number of hydrogen-bond donors (Lipinski definition) is 3. The van der Waals surface area contributed by atoms with Crippen LogP contribution in [0.2, 0.25) is 0 Å². The van der Waals surface area contributed by atoms with Gasteiger partial charge in [0.15, 0.2) is 0 Å². The Morgan fingerprint density at radius 1 is 0.458 bits per heavy atom. The van der Waals surface area contributed by atoms with Gasteiger partial charge < -0.3 is 20.3 Å². The van der Waals surface area contributed by atoms with Crippen LogP contribution in [-0.4, -0.2) is 47.4 Å². The molecular weight excluding hydrogens is 731 g/mol. The molecule has 6 nitrogen and oxygen atoms in total. The van der Waals surface area contributed by atoms with Crippen molar-refractivity contribution in [3.63, 3.8) is 0 Å². The maximum atomic E-state index is 12.4. The van der Waals surface area contributed by atoms with Crippen LogP contribution in [-0.2, 0) is 14.3 Å². The number of ether oxygens (including phenoxy) is 1. The molecular formula is C53H101NO5. The van der Waals surface area contributed by atoms with Crippen LogP contribution in [0.25, 0.3) is 0 Å². The average Bonchev–Trinajstić information content (AvgIpc) is 3.24. The first-order valence-corrected chi connectivity index (χ1v) is 26.1. The Morgan fingerprint density at radius 2 is 0.797 bits per heavy atom. The molecule has 59 heavy (non-hydrogen) atoms. The van der Waals surface area contributed by atoms with E-state index in [1.807, 2.05) is 0 Å². The molecule has 0 heterocycles. The van der Waals surface area contributed by atoms with Gasteiger partial charge in [-0.1, -0.05) is 205 Å². The molecule has 1 amide bonds. The lowest BCUT2D eigenvalue weighted by atomic mass is 10.0. The molecule has 2 atom stereocenters. The van der Waals surface area contributed by atoms with Crippen LogP contribution >= 0.6 is 0 Å². The maximum Gasteiger partial charge on any atom is 0.305 e. The van der Waals surface area contributed by atoms with Crippen LogP contribution in [0, 0.1) is 0 Å². The molecule has 0 aromatic heterocycles. The van der Waals surface area contributed by atoms with Crippen LogP contribution in [0.1, 0.15) is 277 Å². The summed E-state index contributed by atoms with van der Waals surface area (Å²) < 4.78 is 5.45. The van der Waals surface area contributed by atoms with Crippen molar-refractivity contribution in [1.29, 1.82) is 0 Å². The Bertz CT molecular complexity index is 920. The van der Waals surface area contributed by atoms with Gasteiger partial charge in [0.1, 0.15) is 0 Å². The molecule has 0 aromatic rings. The van der Waals surface area contributed by atoms with Crippen molar-refractivity contribution in [3.8, 4) is 0 Å². The van der Waals surface area contributed by atoms with Crippen molar-refractivity contribution in [1.82, 2.24) is 5.32 Å². The fourth-order valence-corrected chi connectivity index (χ4v) is 7.92. The number of rotatable bonds is 48. The maximum absolute atomic E-state index is 12.4. The third-order valence-electron chi connectivity index (χ3n) is 12.0. The number of allylic oxidation sites excluding steroid dienone is 4. The van der Waals surface area contributed by atoms with Crippen LogP contribution in [0.15, 0.2) is 24.3 Å². The minimum atomic E-state index is -0.679. The number of carbonyl (C=O) groups is 2. The number of aliphatic hydroxyl groups excluding tert-OH is 2. The van der Waals surface area contributed by atoms with E-state index in [4.69, 9.17) is 4.74 Å². The fraction of sp³-hybridized carbons (Fsp3) is 0.887. The van der Waals surface area contributed by atoms with Gasteiger partial charge in [-0.2, -0.15) is 0 Å². The topological polar surface area (TPSA) is 95.9 Å². The molecule has 0 fully saturated rings. The smallest absolute Gasteiger partial charge is 0.305 e. The van der Waals surface area contributed by atoms with Crippen LogP contribution in [0.4, 0.5) is 0 Å². The van der Waals surface area contributed by atoms with Gasteiger partial charge in [0.25, 0.3) is 0 Å². The molecule has 0 aliphatic carbocycles. The lowest BCUT2D eigenvalue weighted by Gasteiger charge is -2.22. The van der Waals surface area contributed by atoms with E-state index < -0.39 is 12.1 Å². The van der Waals surface area contributed by atoms with E-state index in [2.05, 4.69) is 43.5 Å². The number of amides is 1. The summed E-state index contributed by atoms with van der Waals surface area (Å²) in [5.74, 6) is -0.0876. The molecule has 0 aliphatic rings. The van der Waals surface area contributed by atoms with Gasteiger partial charge in [-0.25, -0.2) is 0 Å². The average molecular weight is 832 g/mol. The molecule has 0 aliphatic heterocycles. The summed E-state index contributed by atoms with van der Waals surface area (Å²) in [5, 5.41) is 23.1. The quantitative estimate of drug-likeness (QED) is 0.0322. The van der Waals surface area contributed by atoms with Gasteiger partial charge in [-0.3, -0.25) is 9.59 Å². The molecule has 0 radical (unpaired) electrons. The van der Waals surface area contributed by atoms with Crippen molar-refractivity contribution in [2.24, 2.45) is 0 Å². The molecule has 0 saturated heterocycles. The van der Waals surface area contributed by atoms with E-state index in [-0.39, 0.29) is 18.5 Å². The van der Waals surface area contributed by atoms with Gasteiger partial charge in [-0.15, -0.1) is 0 Å². The monoisotopic (exact) mass is 832 g/mol. The van der Waals surface area contributed by atoms with Crippen molar-refractivity contribution in [2.75, 3.05) is 13.2 Å². The normalized spacial score (nSPS) is 12.8. The summed E-state index contributed by atoms with van der Waals surface area (Å²) in [6.45, 7) is 4.88. The summed E-state index contributed by atoms with van der Waals surface area (Å²) in [6.07, 6.45) is 57.2. The predicted molar refractivity (Wildman–Crippen MR) is 255 cm³/mol. The molecule has 0 spiro atoms. The molecule has 0 bridgehead atoms. The zero-order valence-corrected chi connectivity index (χ0v) is 39.5. The van der Waals surface area contributed by atoms with E-state index in [9.17, 15) is 19.8 Å². The lowest BCUT2D eigenvalue weighted by molar-refractivity contribution is -0.143. The summed E-state index contributed by atoms with van der Waals surface area (Å²) in [6, 6.07) is -0.559. The first kappa shape index (κ1) is 57.3. The van der Waals surface area contributed by atoms with Gasteiger partial charge in [0.2, 0.25) is 5.91 Å². The van der Waals surface area contributed by atoms with E-state index in [0.717, 1.165) is 77.0 Å². The molecule has 6 heteroatoms. The predicted octanol–water partition coefficient (Wildman–Crippen LogP) is 15.5. The second kappa shape index (κ2) is 49.0. The lowest BCUT2D eigenvalue weighted by Crippen LogP contribution is -2.45. The molecule has 3 N–H and O–H groups in total. The minimum Gasteiger partial charge on any atom is -0.466 e. The third kappa shape index (κ3) is 45.7. The van der Waals surface area contributed by atoms with Gasteiger partial charge in [-0.05, 0) is 83.5 Å². The summed E-state index contributed by atoms with van der Waals surface area (Å²) in [7, 11) is 0. The van der Waals surface area contributed by atoms with Gasteiger partial charge in [0, 0.05) is 12.8 Å². The number of nitrogens with one attached hydrogen (secondary N) is 1. The highest BCUT2D eigenvalue weighted by molar-refractivity contribution is 5.76. The number of hydrogen-bond acceptors (Lipinski definition) is 5. The largest absolute Gasteiger partial charge is 0.466 e. The molecule has 0 aromatic carbocycles. The van der Waals surface area contributed by atoms with Crippen molar-refractivity contribution >= 4 is 11.9 Å². The number of esters is 1. The zero-order chi connectivity index (χ0) is 43.0. The summed E-state index contributed by atoms with van der Waals surface area (Å²) >= 11 is 0. The number of carbonyl (C=O) groups excluding carboxylic acids is 2. The Balaban J connectivity index is 3.48. The standard InChI is InChI=1S/C53H101NO5/c1-3-5-7-9-11-13-15-17-18-19-20-21-22-27-31-35-39-43-47-53(58)59-48-44-40-36-32-28-24-23-26-30-34-38-42-46-52(57)54-50(49-55)51(56)45-41-37-33-29-25-16-14-12-10-8-6-4-2/h18-19,24,28,50-51,55-56H,3-17,20-23,25-27,29-49H2,1-2H3,(H,54,57)/b19-18-,28-24-. The highest BCUT2D eigenvalue weighted by Crippen LogP contribution is 2.16. The number of aliphatic hydroxyl groups is 2. The van der Waals surface area contributed by atoms with Crippen LogP contribution in [0.5, 0.6) is 0 Å². The van der Waals surface area contributed by atoms with Crippen molar-refractivity contribution in [3.05, 3.63) is 24.3 Å². The first-order chi connectivity index (χ1) is 29.0. The van der Waals surface area contributed by atoms with Crippen molar-refractivity contribution in [2.45, 2.75) is 289 Å². The van der Waals surface area contributed by atoms with Crippen LogP contribution < -0.4 is 5.32 Å². The molecule has 2 unspecified atom stereocenters. The van der Waals surface area contributed by atoms with E-state index in [1.165, 1.54) is 167 Å². The van der Waals surface area contributed by atoms with Gasteiger partial charge in [0.05, 0.1) is 25.4 Å². The highest BCUT2D eigenvalue weighted by atomic mass is 16.5. The second-order valence-electron chi connectivity index (χ2n) is 17.8. The zero-order valence-electron chi connectivity index (χ0n) is 39.5. The van der Waals surface area contributed by atoms with E-state index in [0.29, 0.717) is 25.9 Å². The Hall–Kier alpha value is -1.66. The van der Waals surface area contributed by atoms with Gasteiger partial charge >= 0.3 is 5.97 Å². The SMILES string of the molecule is CCCCCCCCC/C=C\CCCCCCCCCC(=O)OCCCCC/C=C\CCCCCCCC(=O)NC(CO)C(O)CCCCCCCCCCCCCC. The van der Waals surface area contributed by atoms with Crippen LogP contribution in [0.3, 0.4) is 0 Å². The number of unbranched alkanes of at least 4 members (excludes halogenated alkanes) is 33. The Morgan fingerprint density at radius 3 is 1.20 bits per heavy atom. The highest BCUT2D eigenvalue weighted by Gasteiger charge is 2.20.